The number of hydrogen-bond donors (Lipinski definition) is 4. The summed E-state index contributed by atoms with van der Waals surface area (Å²) < 4.78 is 50.8. The fourth-order valence-corrected chi connectivity index (χ4v) is 7.98. The maximum Gasteiger partial charge on any atom is 0.472 e. The standard InChI is InChI=1S/C41H60FN6O8P/c1-2-3-4-5-6-7-8-9-10-11-12-13-14-15-16-17-18-19-34(53-26-32-22-31(25-43)23-33(42)24-32)27-54-57(51,52)55-29-41(28-44)39(50)37(49)38(56-41)35-20-21-36-40(45)46-30-47-48(35)36/h20-24,30,34,37-39,49-50H,2-19,26-27,29H2,1H3,(H,51,52)(H2,45,46,47)/t34-,37-,38?,39?,41?/m0/s1. The molecule has 1 aliphatic rings. The van der Waals surface area contributed by atoms with E-state index in [4.69, 9.17) is 24.3 Å². The maximum absolute atomic E-state index is 14.1. The van der Waals surface area contributed by atoms with Gasteiger partial charge in [-0.25, -0.2) is 18.5 Å². The molecule has 5 N–H and O–H groups in total. The first-order chi connectivity index (χ1) is 27.5. The predicted octanol–water partition coefficient (Wildman–Crippen LogP) is 8.14. The SMILES string of the molecule is CCCCCCCCCCCCCCCCCCC[C@@H](COP(=O)(O)OCC1(C#N)OC(c2ccc3c(N)ncnn23)[C@H](O)C1O)OCc1cc(F)cc(C#N)c1. The van der Waals surface area contributed by atoms with Gasteiger partial charge in [-0.1, -0.05) is 116 Å². The van der Waals surface area contributed by atoms with Gasteiger partial charge in [0.2, 0.25) is 5.60 Å². The number of anilines is 1. The van der Waals surface area contributed by atoms with Crippen molar-refractivity contribution in [2.45, 2.75) is 159 Å². The van der Waals surface area contributed by atoms with Crippen molar-refractivity contribution in [3.05, 3.63) is 59.3 Å². The van der Waals surface area contributed by atoms with Crippen molar-refractivity contribution in [1.29, 1.82) is 10.5 Å². The van der Waals surface area contributed by atoms with E-state index in [2.05, 4.69) is 17.0 Å². The van der Waals surface area contributed by atoms with Gasteiger partial charge in [0.15, 0.2) is 5.82 Å². The predicted molar refractivity (Wildman–Crippen MR) is 212 cm³/mol. The number of phosphoric acid groups is 1. The molecule has 314 valence electrons. The number of phosphoric ester groups is 1. The Labute approximate surface area is 335 Å². The summed E-state index contributed by atoms with van der Waals surface area (Å²) >= 11 is 0. The molecular weight excluding hydrogens is 754 g/mol. The Morgan fingerprint density at radius 3 is 2.16 bits per heavy atom. The number of unbranched alkanes of at least 4 members (excludes halogenated alkanes) is 16. The van der Waals surface area contributed by atoms with Crippen LogP contribution >= 0.6 is 7.82 Å². The van der Waals surface area contributed by atoms with E-state index >= 15 is 0 Å². The highest BCUT2D eigenvalue weighted by atomic mass is 31.2. The van der Waals surface area contributed by atoms with E-state index in [0.717, 1.165) is 31.7 Å². The zero-order valence-corrected chi connectivity index (χ0v) is 34.0. The minimum absolute atomic E-state index is 0.0716. The number of nitrogens with zero attached hydrogens (tertiary/aromatic N) is 5. The molecule has 3 heterocycles. The van der Waals surface area contributed by atoms with Crippen LogP contribution in [0.3, 0.4) is 0 Å². The van der Waals surface area contributed by atoms with E-state index in [0.29, 0.717) is 17.5 Å². The number of benzene rings is 1. The van der Waals surface area contributed by atoms with E-state index in [9.17, 15) is 34.6 Å². The molecule has 0 amide bonds. The Morgan fingerprint density at radius 2 is 1.56 bits per heavy atom. The van der Waals surface area contributed by atoms with Crippen molar-refractivity contribution in [2.75, 3.05) is 18.9 Å². The zero-order chi connectivity index (χ0) is 41.1. The Hall–Kier alpha value is -3.50. The lowest BCUT2D eigenvalue weighted by Crippen LogP contribution is -2.45. The van der Waals surface area contributed by atoms with Crippen LogP contribution in [0.1, 0.15) is 145 Å². The normalized spacial score (nSPS) is 21.0. The number of aliphatic hydroxyl groups excluding tert-OH is 2. The van der Waals surface area contributed by atoms with Crippen LogP contribution in [0.2, 0.25) is 0 Å². The molecule has 1 aromatic carbocycles. The second-order valence-corrected chi connectivity index (χ2v) is 16.5. The number of fused-ring (bicyclic) bond motifs is 1. The lowest BCUT2D eigenvalue weighted by atomic mass is 9.96. The number of ether oxygens (including phenoxy) is 2. The molecule has 4 unspecified atom stereocenters. The molecular formula is C41H60FN6O8P. The van der Waals surface area contributed by atoms with Crippen molar-refractivity contribution < 1.29 is 42.6 Å². The number of aliphatic hydroxyl groups is 2. The van der Waals surface area contributed by atoms with Gasteiger partial charge in [0, 0.05) is 0 Å². The minimum Gasteiger partial charge on any atom is -0.387 e. The maximum atomic E-state index is 14.1. The highest BCUT2D eigenvalue weighted by Crippen LogP contribution is 2.48. The highest BCUT2D eigenvalue weighted by molar-refractivity contribution is 7.47. The van der Waals surface area contributed by atoms with Gasteiger partial charge in [-0.3, -0.25) is 9.05 Å². The highest BCUT2D eigenvalue weighted by Gasteiger charge is 2.57. The van der Waals surface area contributed by atoms with Gasteiger partial charge in [-0.05, 0) is 42.3 Å². The Kier molecular flexibility index (Phi) is 19.3. The summed E-state index contributed by atoms with van der Waals surface area (Å²) in [6.07, 6.45) is 17.1. The first-order valence-corrected chi connectivity index (χ1v) is 22.0. The molecule has 57 heavy (non-hydrogen) atoms. The molecule has 4 rings (SSSR count). The van der Waals surface area contributed by atoms with Gasteiger partial charge in [0.1, 0.15) is 48.6 Å². The van der Waals surface area contributed by atoms with Crippen LogP contribution in [-0.2, 0) is 29.7 Å². The summed E-state index contributed by atoms with van der Waals surface area (Å²) in [5, 5.41) is 45.2. The molecule has 14 nitrogen and oxygen atoms in total. The quantitative estimate of drug-likeness (QED) is 0.0402. The topological polar surface area (TPSA) is 218 Å². The first-order valence-electron chi connectivity index (χ1n) is 20.5. The molecule has 0 saturated carbocycles. The van der Waals surface area contributed by atoms with Crippen molar-refractivity contribution in [3.63, 3.8) is 0 Å². The van der Waals surface area contributed by atoms with Crippen molar-refractivity contribution in [3.8, 4) is 12.1 Å². The monoisotopic (exact) mass is 814 g/mol. The van der Waals surface area contributed by atoms with E-state index in [1.54, 1.807) is 18.2 Å². The van der Waals surface area contributed by atoms with Gasteiger partial charge in [-0.15, -0.1) is 0 Å². The van der Waals surface area contributed by atoms with Crippen LogP contribution < -0.4 is 5.73 Å². The lowest BCUT2D eigenvalue weighted by Gasteiger charge is -2.26. The van der Waals surface area contributed by atoms with Crippen LogP contribution in [0.15, 0.2) is 36.7 Å². The van der Waals surface area contributed by atoms with Crippen LogP contribution in [0.5, 0.6) is 0 Å². The van der Waals surface area contributed by atoms with Gasteiger partial charge in [0.25, 0.3) is 0 Å². The molecule has 3 aromatic rings. The molecule has 2 aromatic heterocycles. The van der Waals surface area contributed by atoms with Crippen molar-refractivity contribution in [2.24, 2.45) is 0 Å². The van der Waals surface area contributed by atoms with Crippen LogP contribution in [0.25, 0.3) is 5.52 Å². The summed E-state index contributed by atoms with van der Waals surface area (Å²) in [4.78, 5) is 14.6. The van der Waals surface area contributed by atoms with Crippen LogP contribution in [0.4, 0.5) is 10.2 Å². The fraction of sp³-hybridized carbons (Fsp3) is 0.659. The van der Waals surface area contributed by atoms with Gasteiger partial charge in [0.05, 0.1) is 36.6 Å². The number of nitriles is 2. The Balaban J connectivity index is 1.23. The van der Waals surface area contributed by atoms with E-state index in [-0.39, 0.29) is 30.3 Å². The molecule has 0 bridgehead atoms. The minimum atomic E-state index is -4.87. The molecule has 0 radical (unpaired) electrons. The summed E-state index contributed by atoms with van der Waals surface area (Å²) in [5.74, 6) is -0.424. The van der Waals surface area contributed by atoms with E-state index < -0.39 is 50.3 Å². The molecule has 16 heteroatoms. The molecule has 0 aliphatic carbocycles. The largest absolute Gasteiger partial charge is 0.472 e. The second-order valence-electron chi connectivity index (χ2n) is 15.1. The molecule has 1 aliphatic heterocycles. The van der Waals surface area contributed by atoms with E-state index in [1.165, 1.54) is 106 Å². The number of rotatable bonds is 28. The number of nitrogen functional groups attached to an aromatic ring is 1. The number of aromatic nitrogens is 3. The third kappa shape index (κ3) is 14.4. The molecule has 1 saturated heterocycles. The van der Waals surface area contributed by atoms with Crippen molar-refractivity contribution in [1.82, 2.24) is 14.6 Å². The summed E-state index contributed by atoms with van der Waals surface area (Å²) in [6, 6.07) is 10.7. The van der Waals surface area contributed by atoms with Gasteiger partial charge >= 0.3 is 7.82 Å². The third-order valence-electron chi connectivity index (χ3n) is 10.5. The molecule has 6 atom stereocenters. The second kappa shape index (κ2) is 23.8. The number of hydrogen-bond acceptors (Lipinski definition) is 12. The van der Waals surface area contributed by atoms with Crippen molar-refractivity contribution >= 4 is 19.2 Å². The van der Waals surface area contributed by atoms with Crippen LogP contribution in [-0.4, -0.2) is 66.8 Å². The number of halogens is 1. The smallest absolute Gasteiger partial charge is 0.387 e. The number of nitrogens with two attached hydrogens (primary N) is 1. The van der Waals surface area contributed by atoms with Gasteiger partial charge in [-0.2, -0.15) is 15.6 Å². The third-order valence-corrected chi connectivity index (χ3v) is 11.4. The fourth-order valence-electron chi connectivity index (χ4n) is 7.19. The van der Waals surface area contributed by atoms with Crippen LogP contribution in [0, 0.1) is 28.5 Å². The summed E-state index contributed by atoms with van der Waals surface area (Å²) in [7, 11) is -4.87. The molecule has 1 fully saturated rings. The summed E-state index contributed by atoms with van der Waals surface area (Å²) in [5.41, 5.74) is 4.89. The summed E-state index contributed by atoms with van der Waals surface area (Å²) in [6.45, 7) is 0.882. The lowest BCUT2D eigenvalue weighted by molar-refractivity contribution is -0.0763. The van der Waals surface area contributed by atoms with E-state index in [1.807, 2.05) is 6.07 Å². The first kappa shape index (κ1) is 46.2. The zero-order valence-electron chi connectivity index (χ0n) is 33.1. The average molecular weight is 815 g/mol. The Bertz CT molecular complexity index is 1800. The van der Waals surface area contributed by atoms with Gasteiger partial charge < -0.3 is 30.3 Å². The Morgan fingerprint density at radius 1 is 0.947 bits per heavy atom. The molecule has 0 spiro atoms. The average Bonchev–Trinajstić information content (AvgIpc) is 3.74.